The fourth-order valence-electron chi connectivity index (χ4n) is 0.961. The van der Waals surface area contributed by atoms with E-state index in [1.807, 2.05) is 0 Å². The van der Waals surface area contributed by atoms with Crippen molar-refractivity contribution in [1.82, 2.24) is 0 Å². The van der Waals surface area contributed by atoms with Gasteiger partial charge in [0.15, 0.2) is 12.0 Å². The summed E-state index contributed by atoms with van der Waals surface area (Å²) in [4.78, 5) is 10.7. The standard InChI is InChI=1S/C10H8Cl2O3/c1-6(14)5-15-10-7(4-13)8(11)2-3-9(10)12/h2-4,14H,1,5H2. The van der Waals surface area contributed by atoms with Crippen LogP contribution in [-0.4, -0.2) is 18.0 Å². The molecular formula is C10H8Cl2O3. The third-order valence-corrected chi connectivity index (χ3v) is 2.22. The molecule has 0 saturated carbocycles. The molecule has 0 radical (unpaired) electrons. The Bertz CT molecular complexity index is 402. The molecule has 0 aliphatic carbocycles. The summed E-state index contributed by atoms with van der Waals surface area (Å²) in [6.45, 7) is 3.11. The van der Waals surface area contributed by atoms with E-state index in [0.717, 1.165) is 0 Å². The van der Waals surface area contributed by atoms with Crippen LogP contribution in [0, 0.1) is 0 Å². The molecule has 5 heteroatoms. The van der Waals surface area contributed by atoms with Crippen LogP contribution < -0.4 is 4.74 Å². The van der Waals surface area contributed by atoms with E-state index < -0.39 is 0 Å². The summed E-state index contributed by atoms with van der Waals surface area (Å²) in [6.07, 6.45) is 0.545. The lowest BCUT2D eigenvalue weighted by molar-refractivity contribution is 0.111. The number of benzene rings is 1. The molecule has 1 aromatic carbocycles. The van der Waals surface area contributed by atoms with E-state index in [1.54, 1.807) is 0 Å². The maximum Gasteiger partial charge on any atom is 0.155 e. The third kappa shape index (κ3) is 2.88. The Balaban J connectivity index is 3.07. The number of ether oxygens (including phenoxy) is 1. The van der Waals surface area contributed by atoms with Gasteiger partial charge in [0.1, 0.15) is 12.4 Å². The quantitative estimate of drug-likeness (QED) is 0.656. The largest absolute Gasteiger partial charge is 0.509 e. The van der Waals surface area contributed by atoms with E-state index in [4.69, 9.17) is 33.0 Å². The van der Waals surface area contributed by atoms with E-state index in [1.165, 1.54) is 12.1 Å². The molecule has 0 atom stereocenters. The highest BCUT2D eigenvalue weighted by Gasteiger charge is 2.12. The van der Waals surface area contributed by atoms with E-state index in [0.29, 0.717) is 6.29 Å². The van der Waals surface area contributed by atoms with Crippen LogP contribution >= 0.6 is 23.2 Å². The van der Waals surface area contributed by atoms with Gasteiger partial charge in [0.25, 0.3) is 0 Å². The molecule has 1 N–H and O–H groups in total. The lowest BCUT2D eigenvalue weighted by Crippen LogP contribution is -2.02. The molecule has 0 spiro atoms. The van der Waals surface area contributed by atoms with Crippen molar-refractivity contribution < 1.29 is 14.6 Å². The number of hydrogen-bond donors (Lipinski definition) is 1. The van der Waals surface area contributed by atoms with Crippen LogP contribution in [0.1, 0.15) is 10.4 Å². The number of carbonyl (C=O) groups is 1. The smallest absolute Gasteiger partial charge is 0.155 e. The second-order valence-corrected chi connectivity index (χ2v) is 3.56. The minimum Gasteiger partial charge on any atom is -0.509 e. The summed E-state index contributed by atoms with van der Waals surface area (Å²) in [5, 5.41) is 9.35. The monoisotopic (exact) mass is 246 g/mol. The van der Waals surface area contributed by atoms with E-state index in [-0.39, 0.29) is 33.7 Å². The van der Waals surface area contributed by atoms with Crippen LogP contribution in [0.15, 0.2) is 24.5 Å². The zero-order valence-electron chi connectivity index (χ0n) is 7.67. The number of carbonyl (C=O) groups excluding carboxylic acids is 1. The number of hydrogen-bond acceptors (Lipinski definition) is 3. The van der Waals surface area contributed by atoms with Crippen molar-refractivity contribution in [3.05, 3.63) is 40.1 Å². The molecule has 0 aliphatic heterocycles. The second kappa shape index (κ2) is 5.05. The van der Waals surface area contributed by atoms with Gasteiger partial charge in [-0.1, -0.05) is 29.8 Å². The molecule has 0 amide bonds. The van der Waals surface area contributed by atoms with Crippen LogP contribution in [0.25, 0.3) is 0 Å². The lowest BCUT2D eigenvalue weighted by Gasteiger charge is -2.10. The van der Waals surface area contributed by atoms with E-state index >= 15 is 0 Å². The summed E-state index contributed by atoms with van der Waals surface area (Å²) in [6, 6.07) is 3.00. The highest BCUT2D eigenvalue weighted by molar-refractivity contribution is 6.36. The van der Waals surface area contributed by atoms with Gasteiger partial charge in [-0.15, -0.1) is 0 Å². The van der Waals surface area contributed by atoms with Crippen molar-refractivity contribution in [3.63, 3.8) is 0 Å². The number of aliphatic hydroxyl groups excluding tert-OH is 1. The average Bonchev–Trinajstić information content (AvgIpc) is 2.19. The van der Waals surface area contributed by atoms with Gasteiger partial charge in [-0.05, 0) is 12.1 Å². The van der Waals surface area contributed by atoms with Gasteiger partial charge < -0.3 is 9.84 Å². The molecular weight excluding hydrogens is 239 g/mol. The van der Waals surface area contributed by atoms with Crippen molar-refractivity contribution in [1.29, 1.82) is 0 Å². The highest BCUT2D eigenvalue weighted by atomic mass is 35.5. The Kier molecular flexibility index (Phi) is 4.00. The molecule has 0 bridgehead atoms. The van der Waals surface area contributed by atoms with E-state index in [2.05, 4.69) is 6.58 Å². The molecule has 0 unspecified atom stereocenters. The Hall–Kier alpha value is -1.19. The van der Waals surface area contributed by atoms with Crippen molar-refractivity contribution >= 4 is 29.5 Å². The molecule has 0 fully saturated rings. The van der Waals surface area contributed by atoms with Gasteiger partial charge in [0, 0.05) is 0 Å². The summed E-state index contributed by atoms with van der Waals surface area (Å²) in [5.41, 5.74) is 0.158. The van der Waals surface area contributed by atoms with Gasteiger partial charge in [-0.2, -0.15) is 0 Å². The van der Waals surface area contributed by atoms with Crippen molar-refractivity contribution in [3.8, 4) is 5.75 Å². The van der Waals surface area contributed by atoms with Crippen LogP contribution in [0.4, 0.5) is 0 Å². The molecule has 80 valence electrons. The zero-order chi connectivity index (χ0) is 11.4. The van der Waals surface area contributed by atoms with E-state index in [9.17, 15) is 4.79 Å². The average molecular weight is 247 g/mol. The fraction of sp³-hybridized carbons (Fsp3) is 0.100. The number of halogens is 2. The molecule has 0 heterocycles. The first-order valence-corrected chi connectivity index (χ1v) is 4.74. The molecule has 0 aromatic heterocycles. The Morgan fingerprint density at radius 1 is 1.47 bits per heavy atom. The Labute approximate surface area is 96.9 Å². The first kappa shape index (κ1) is 11.9. The first-order chi connectivity index (χ1) is 7.06. The first-order valence-electron chi connectivity index (χ1n) is 3.99. The third-order valence-electron chi connectivity index (χ3n) is 1.60. The predicted octanol–water partition coefficient (Wildman–Crippen LogP) is 3.26. The van der Waals surface area contributed by atoms with Gasteiger partial charge in [-0.3, -0.25) is 4.79 Å². The van der Waals surface area contributed by atoms with Crippen LogP contribution in [0.5, 0.6) is 5.75 Å². The molecule has 0 saturated heterocycles. The summed E-state index contributed by atoms with van der Waals surface area (Å²) < 4.78 is 5.10. The zero-order valence-corrected chi connectivity index (χ0v) is 9.18. The maximum atomic E-state index is 10.7. The molecule has 1 aromatic rings. The second-order valence-electron chi connectivity index (χ2n) is 2.74. The molecule has 15 heavy (non-hydrogen) atoms. The van der Waals surface area contributed by atoms with Gasteiger partial charge in [0.2, 0.25) is 0 Å². The minimum absolute atomic E-state index is 0.138. The number of aldehydes is 1. The predicted molar refractivity (Wildman–Crippen MR) is 59.1 cm³/mol. The molecule has 3 nitrogen and oxygen atoms in total. The number of rotatable bonds is 4. The van der Waals surface area contributed by atoms with Crippen molar-refractivity contribution in [2.24, 2.45) is 0 Å². The summed E-state index contributed by atoms with van der Waals surface area (Å²) >= 11 is 11.6. The fourth-order valence-corrected chi connectivity index (χ4v) is 1.37. The number of aliphatic hydroxyl groups is 1. The topological polar surface area (TPSA) is 46.5 Å². The Morgan fingerprint density at radius 2 is 2.07 bits per heavy atom. The van der Waals surface area contributed by atoms with Crippen LogP contribution in [0.2, 0.25) is 10.0 Å². The van der Waals surface area contributed by atoms with Crippen LogP contribution in [0.3, 0.4) is 0 Å². The lowest BCUT2D eigenvalue weighted by atomic mass is 10.2. The van der Waals surface area contributed by atoms with Gasteiger partial charge in [-0.25, -0.2) is 0 Å². The van der Waals surface area contributed by atoms with Gasteiger partial charge in [0.05, 0.1) is 15.6 Å². The highest BCUT2D eigenvalue weighted by Crippen LogP contribution is 2.32. The molecule has 1 rings (SSSR count). The van der Waals surface area contributed by atoms with Gasteiger partial charge >= 0.3 is 0 Å². The SMILES string of the molecule is C=C(O)COc1c(Cl)ccc(Cl)c1C=O. The summed E-state index contributed by atoms with van der Waals surface area (Å²) in [7, 11) is 0. The van der Waals surface area contributed by atoms with Crippen molar-refractivity contribution in [2.75, 3.05) is 6.61 Å². The Morgan fingerprint density at radius 3 is 2.60 bits per heavy atom. The summed E-state index contributed by atoms with van der Waals surface area (Å²) in [5.74, 6) is -0.0164. The minimum atomic E-state index is -0.164. The molecule has 0 aliphatic rings. The maximum absolute atomic E-state index is 10.7. The normalized spacial score (nSPS) is 9.73. The van der Waals surface area contributed by atoms with Crippen LogP contribution in [-0.2, 0) is 0 Å². The van der Waals surface area contributed by atoms with Crippen molar-refractivity contribution in [2.45, 2.75) is 0 Å².